The molecule has 0 fully saturated rings. The van der Waals surface area contributed by atoms with Gasteiger partial charge in [0, 0.05) is 33.3 Å². The van der Waals surface area contributed by atoms with Crippen molar-refractivity contribution in [2.24, 2.45) is 0 Å². The predicted octanol–water partition coefficient (Wildman–Crippen LogP) is 6.19. The normalized spacial score (nSPS) is 11.2. The zero-order valence-electron chi connectivity index (χ0n) is 17.4. The molecule has 0 radical (unpaired) electrons. The number of nitrogens with zero attached hydrogens (tertiary/aromatic N) is 2. The Morgan fingerprint density at radius 3 is 2.48 bits per heavy atom. The summed E-state index contributed by atoms with van der Waals surface area (Å²) in [5.41, 5.74) is 3.40. The number of aromatic nitrogens is 4. The van der Waals surface area contributed by atoms with E-state index < -0.39 is 11.6 Å². The van der Waals surface area contributed by atoms with Crippen LogP contribution in [0.1, 0.15) is 29.4 Å². The van der Waals surface area contributed by atoms with Crippen LogP contribution in [0.15, 0.2) is 52.4 Å². The Bertz CT molecular complexity index is 1350. The predicted molar refractivity (Wildman–Crippen MR) is 127 cm³/mol. The molecule has 2 aromatic carbocycles. The minimum absolute atomic E-state index is 0.210. The maximum absolute atomic E-state index is 13.5. The third-order valence-electron chi connectivity index (χ3n) is 5.06. The smallest absolute Gasteiger partial charge is 0.254 e. The van der Waals surface area contributed by atoms with E-state index in [1.165, 1.54) is 17.8 Å². The van der Waals surface area contributed by atoms with Gasteiger partial charge in [0.1, 0.15) is 0 Å². The lowest BCUT2D eigenvalue weighted by molar-refractivity contribution is 0.509. The SMILES string of the molecule is CCc1c(Cc2c(Cl)cccc2Cl)nc(SCc2cc(-c3ccc(F)c(F)c3)[nH]n2)[nH]c1=O. The van der Waals surface area contributed by atoms with Gasteiger partial charge in [-0.2, -0.15) is 5.10 Å². The second-order valence-electron chi connectivity index (χ2n) is 7.22. The van der Waals surface area contributed by atoms with Crippen LogP contribution in [0, 0.1) is 11.6 Å². The van der Waals surface area contributed by atoms with Gasteiger partial charge in [-0.1, -0.05) is 48.0 Å². The topological polar surface area (TPSA) is 74.4 Å². The van der Waals surface area contributed by atoms with E-state index in [9.17, 15) is 13.6 Å². The molecule has 0 aliphatic rings. The molecular weight excluding hydrogens is 489 g/mol. The molecule has 0 aliphatic carbocycles. The van der Waals surface area contributed by atoms with Gasteiger partial charge in [-0.15, -0.1) is 0 Å². The van der Waals surface area contributed by atoms with E-state index in [2.05, 4.69) is 20.2 Å². The van der Waals surface area contributed by atoms with Gasteiger partial charge in [0.25, 0.3) is 5.56 Å². The number of halogens is 4. The molecule has 0 spiro atoms. The summed E-state index contributed by atoms with van der Waals surface area (Å²) in [6.07, 6.45) is 0.851. The lowest BCUT2D eigenvalue weighted by atomic mass is 10.0. The summed E-state index contributed by atoms with van der Waals surface area (Å²) in [7, 11) is 0. The molecule has 2 heterocycles. The molecule has 5 nitrogen and oxygen atoms in total. The average molecular weight is 507 g/mol. The molecular formula is C23H18Cl2F2N4OS. The Morgan fingerprint density at radius 1 is 1.03 bits per heavy atom. The first-order valence-corrected chi connectivity index (χ1v) is 11.8. The lowest BCUT2D eigenvalue weighted by Crippen LogP contribution is -2.18. The van der Waals surface area contributed by atoms with Crippen molar-refractivity contribution in [2.45, 2.75) is 30.7 Å². The van der Waals surface area contributed by atoms with Crippen molar-refractivity contribution in [3.63, 3.8) is 0 Å². The Morgan fingerprint density at radius 2 is 1.79 bits per heavy atom. The number of benzene rings is 2. The molecule has 170 valence electrons. The van der Waals surface area contributed by atoms with Crippen LogP contribution in [0.3, 0.4) is 0 Å². The van der Waals surface area contributed by atoms with Crippen molar-refractivity contribution < 1.29 is 8.78 Å². The Kier molecular flexibility index (Phi) is 7.17. The number of thioether (sulfide) groups is 1. The first-order valence-electron chi connectivity index (χ1n) is 10.0. The van der Waals surface area contributed by atoms with Crippen molar-refractivity contribution in [3.05, 3.63) is 97.0 Å². The van der Waals surface area contributed by atoms with Crippen LogP contribution in [0.4, 0.5) is 8.78 Å². The standard InChI is InChI=1S/C23H18Cl2F2N4OS/c1-2-14-21(10-15-16(24)4-3-5-17(15)25)28-23(29-22(14)32)33-11-13-9-20(31-30-13)12-6-7-18(26)19(27)8-12/h3-9H,2,10-11H2,1H3,(H,30,31)(H,28,29,32). The molecule has 2 aromatic heterocycles. The number of nitrogens with one attached hydrogen (secondary N) is 2. The van der Waals surface area contributed by atoms with E-state index in [1.54, 1.807) is 24.3 Å². The largest absolute Gasteiger partial charge is 0.301 e. The number of rotatable bonds is 7. The van der Waals surface area contributed by atoms with Crippen LogP contribution in [-0.2, 0) is 18.6 Å². The summed E-state index contributed by atoms with van der Waals surface area (Å²) >= 11 is 13.9. The zero-order valence-corrected chi connectivity index (χ0v) is 19.7. The highest BCUT2D eigenvalue weighted by molar-refractivity contribution is 7.98. The summed E-state index contributed by atoms with van der Waals surface area (Å²) in [6, 6.07) is 10.6. The average Bonchev–Trinajstić information content (AvgIpc) is 3.26. The van der Waals surface area contributed by atoms with Gasteiger partial charge in [-0.25, -0.2) is 13.8 Å². The number of H-pyrrole nitrogens is 2. The van der Waals surface area contributed by atoms with Gasteiger partial charge >= 0.3 is 0 Å². The highest BCUT2D eigenvalue weighted by Crippen LogP contribution is 2.28. The van der Waals surface area contributed by atoms with Gasteiger partial charge < -0.3 is 4.98 Å². The van der Waals surface area contributed by atoms with E-state index in [0.717, 1.165) is 12.1 Å². The number of hydrogen-bond donors (Lipinski definition) is 2. The van der Waals surface area contributed by atoms with Crippen molar-refractivity contribution in [3.8, 4) is 11.3 Å². The molecule has 10 heteroatoms. The maximum Gasteiger partial charge on any atom is 0.254 e. The summed E-state index contributed by atoms with van der Waals surface area (Å²) in [4.78, 5) is 20.1. The Balaban J connectivity index is 1.55. The third-order valence-corrected chi connectivity index (χ3v) is 6.67. The van der Waals surface area contributed by atoms with Crippen molar-refractivity contribution in [2.75, 3.05) is 0 Å². The van der Waals surface area contributed by atoms with Gasteiger partial charge in [-0.05, 0) is 48.4 Å². The second-order valence-corrected chi connectivity index (χ2v) is 9.00. The third kappa shape index (κ3) is 5.29. The fourth-order valence-corrected chi connectivity index (χ4v) is 4.66. The van der Waals surface area contributed by atoms with E-state index in [4.69, 9.17) is 23.2 Å². The molecule has 0 atom stereocenters. The Labute approximate surface area is 202 Å². The van der Waals surface area contributed by atoms with Gasteiger partial charge in [-0.3, -0.25) is 9.89 Å². The van der Waals surface area contributed by atoms with Crippen LogP contribution in [0.2, 0.25) is 10.0 Å². The molecule has 0 saturated carbocycles. The first kappa shape index (κ1) is 23.5. The maximum atomic E-state index is 13.5. The van der Waals surface area contributed by atoms with Crippen LogP contribution >= 0.6 is 35.0 Å². The fourth-order valence-electron chi connectivity index (χ4n) is 3.36. The highest BCUT2D eigenvalue weighted by Gasteiger charge is 2.15. The van der Waals surface area contributed by atoms with Gasteiger partial charge in [0.15, 0.2) is 16.8 Å². The molecule has 4 aromatic rings. The van der Waals surface area contributed by atoms with E-state index in [1.807, 2.05) is 6.92 Å². The number of hydrogen-bond acceptors (Lipinski definition) is 4. The first-order chi connectivity index (χ1) is 15.9. The Hall–Kier alpha value is -2.68. The minimum atomic E-state index is -0.929. The van der Waals surface area contributed by atoms with Gasteiger partial charge in [0.2, 0.25) is 0 Å². The van der Waals surface area contributed by atoms with E-state index in [-0.39, 0.29) is 5.56 Å². The summed E-state index contributed by atoms with van der Waals surface area (Å²) in [6.45, 7) is 1.89. The van der Waals surface area contributed by atoms with E-state index >= 15 is 0 Å². The van der Waals surface area contributed by atoms with Crippen molar-refractivity contribution in [1.29, 1.82) is 0 Å². The summed E-state index contributed by atoms with van der Waals surface area (Å²) in [5, 5.41) is 8.50. The molecule has 2 N–H and O–H groups in total. The molecule has 0 bridgehead atoms. The monoisotopic (exact) mass is 506 g/mol. The highest BCUT2D eigenvalue weighted by atomic mass is 35.5. The lowest BCUT2D eigenvalue weighted by Gasteiger charge is -2.11. The zero-order chi connectivity index (χ0) is 23.5. The minimum Gasteiger partial charge on any atom is -0.301 e. The van der Waals surface area contributed by atoms with Crippen LogP contribution in [0.5, 0.6) is 0 Å². The second kappa shape index (κ2) is 10.1. The van der Waals surface area contributed by atoms with Crippen LogP contribution in [-0.4, -0.2) is 20.2 Å². The molecule has 0 unspecified atom stereocenters. The van der Waals surface area contributed by atoms with Crippen molar-refractivity contribution >= 4 is 35.0 Å². The molecule has 0 amide bonds. The molecule has 0 aliphatic heterocycles. The fraction of sp³-hybridized carbons (Fsp3) is 0.174. The van der Waals surface area contributed by atoms with Crippen molar-refractivity contribution in [1.82, 2.24) is 20.2 Å². The molecule has 4 rings (SSSR count). The quantitative estimate of drug-likeness (QED) is 0.231. The van der Waals surface area contributed by atoms with Gasteiger partial charge in [0.05, 0.1) is 17.1 Å². The van der Waals surface area contributed by atoms with Crippen LogP contribution in [0.25, 0.3) is 11.3 Å². The van der Waals surface area contributed by atoms with E-state index in [0.29, 0.717) is 67.6 Å². The summed E-state index contributed by atoms with van der Waals surface area (Å²) in [5.74, 6) is -1.43. The molecule has 33 heavy (non-hydrogen) atoms. The summed E-state index contributed by atoms with van der Waals surface area (Å²) < 4.78 is 26.7. The number of aromatic amines is 2. The molecule has 0 saturated heterocycles. The van der Waals surface area contributed by atoms with Crippen LogP contribution < -0.4 is 5.56 Å².